The number of carbonyl (C=O) groups is 1. The van der Waals surface area contributed by atoms with Gasteiger partial charge in [-0.05, 0) is 26.2 Å². The van der Waals surface area contributed by atoms with Crippen LogP contribution in [0.5, 0.6) is 0 Å². The van der Waals surface area contributed by atoms with Crippen molar-refractivity contribution in [3.8, 4) is 12.3 Å². The predicted octanol–water partition coefficient (Wildman–Crippen LogP) is 1.72. The van der Waals surface area contributed by atoms with E-state index in [1.165, 1.54) is 0 Å². The zero-order valence-corrected chi connectivity index (χ0v) is 9.55. The Hall–Kier alpha value is -1.01. The number of terminal acetylenes is 1. The van der Waals surface area contributed by atoms with Crippen LogP contribution in [0, 0.1) is 12.3 Å². The van der Waals surface area contributed by atoms with Gasteiger partial charge in [0.15, 0.2) is 0 Å². The van der Waals surface area contributed by atoms with Gasteiger partial charge in [-0.2, -0.15) is 0 Å². The molecule has 0 aliphatic carbocycles. The molecule has 0 saturated carbocycles. The monoisotopic (exact) mass is 211 g/mol. The lowest BCUT2D eigenvalue weighted by molar-refractivity contribution is -0.121. The minimum atomic E-state index is 0.107. The Kier molecular flexibility index (Phi) is 10.3. The van der Waals surface area contributed by atoms with Crippen LogP contribution in [0.25, 0.3) is 0 Å². The van der Waals surface area contributed by atoms with E-state index in [9.17, 15) is 4.79 Å². The van der Waals surface area contributed by atoms with Gasteiger partial charge in [-0.15, -0.1) is 12.3 Å². The van der Waals surface area contributed by atoms with Gasteiger partial charge in [0.25, 0.3) is 0 Å². The molecule has 3 heteroatoms. The number of amides is 1. The van der Waals surface area contributed by atoms with E-state index in [1.54, 1.807) is 0 Å². The Morgan fingerprint density at radius 2 is 2.20 bits per heavy atom. The first-order valence-corrected chi connectivity index (χ1v) is 5.59. The Morgan fingerprint density at radius 3 is 2.87 bits per heavy atom. The highest BCUT2D eigenvalue weighted by molar-refractivity contribution is 5.75. The van der Waals surface area contributed by atoms with Crippen molar-refractivity contribution in [3.05, 3.63) is 0 Å². The quantitative estimate of drug-likeness (QED) is 0.466. The number of nitrogens with one attached hydrogen (secondary N) is 1. The summed E-state index contributed by atoms with van der Waals surface area (Å²) in [7, 11) is 0. The summed E-state index contributed by atoms with van der Waals surface area (Å²) in [5, 5.41) is 2.86. The van der Waals surface area contributed by atoms with E-state index in [1.807, 2.05) is 6.92 Å². The smallest absolute Gasteiger partial charge is 0.220 e. The molecule has 0 radical (unpaired) electrons. The number of hydrogen-bond acceptors (Lipinski definition) is 2. The van der Waals surface area contributed by atoms with Crippen LogP contribution >= 0.6 is 0 Å². The number of ether oxygens (including phenoxy) is 1. The summed E-state index contributed by atoms with van der Waals surface area (Å²) < 4.78 is 5.14. The summed E-state index contributed by atoms with van der Waals surface area (Å²) in [6.45, 7) is 4.06. The van der Waals surface area contributed by atoms with Gasteiger partial charge in [0.1, 0.15) is 0 Å². The van der Waals surface area contributed by atoms with Gasteiger partial charge < -0.3 is 10.1 Å². The van der Waals surface area contributed by atoms with Crippen molar-refractivity contribution in [1.82, 2.24) is 5.32 Å². The maximum atomic E-state index is 11.2. The van der Waals surface area contributed by atoms with E-state index in [0.717, 1.165) is 32.2 Å². The van der Waals surface area contributed by atoms with Gasteiger partial charge in [0.05, 0.1) is 0 Å². The fourth-order valence-corrected chi connectivity index (χ4v) is 1.15. The van der Waals surface area contributed by atoms with Crippen molar-refractivity contribution in [2.75, 3.05) is 19.8 Å². The second-order valence-corrected chi connectivity index (χ2v) is 3.31. The summed E-state index contributed by atoms with van der Waals surface area (Å²) in [4.78, 5) is 11.2. The van der Waals surface area contributed by atoms with Crippen LogP contribution in [0.1, 0.15) is 39.0 Å². The molecule has 0 aromatic heterocycles. The van der Waals surface area contributed by atoms with Crippen LogP contribution in [0.2, 0.25) is 0 Å². The van der Waals surface area contributed by atoms with Gasteiger partial charge in [0.2, 0.25) is 5.91 Å². The third-order valence-corrected chi connectivity index (χ3v) is 1.97. The summed E-state index contributed by atoms with van der Waals surface area (Å²) in [5.41, 5.74) is 0. The van der Waals surface area contributed by atoms with Gasteiger partial charge in [-0.1, -0.05) is 0 Å². The number of carbonyl (C=O) groups excluding carboxylic acids is 1. The molecule has 0 aromatic rings. The summed E-state index contributed by atoms with van der Waals surface area (Å²) in [6.07, 6.45) is 9.19. The third kappa shape index (κ3) is 10.9. The molecule has 0 heterocycles. The van der Waals surface area contributed by atoms with E-state index < -0.39 is 0 Å². The molecule has 0 spiro atoms. The fourth-order valence-electron chi connectivity index (χ4n) is 1.15. The van der Waals surface area contributed by atoms with Gasteiger partial charge in [-0.25, -0.2) is 0 Å². The fraction of sp³-hybridized carbons (Fsp3) is 0.750. The molecular formula is C12H21NO2. The van der Waals surface area contributed by atoms with E-state index in [4.69, 9.17) is 11.2 Å². The van der Waals surface area contributed by atoms with Crippen LogP contribution in [-0.2, 0) is 9.53 Å². The second kappa shape index (κ2) is 11.1. The average molecular weight is 211 g/mol. The molecule has 0 unspecified atom stereocenters. The van der Waals surface area contributed by atoms with Gasteiger partial charge in [0, 0.05) is 32.6 Å². The molecule has 0 aliphatic rings. The Labute approximate surface area is 92.6 Å². The SMILES string of the molecule is C#CCCCCNC(=O)CCCOCC. The lowest BCUT2D eigenvalue weighted by atomic mass is 10.2. The zero-order valence-electron chi connectivity index (χ0n) is 9.55. The lowest BCUT2D eigenvalue weighted by Gasteiger charge is -2.04. The molecular weight excluding hydrogens is 190 g/mol. The van der Waals surface area contributed by atoms with Crippen LogP contribution < -0.4 is 5.32 Å². The first kappa shape index (κ1) is 14.0. The summed E-state index contributed by atoms with van der Waals surface area (Å²) >= 11 is 0. The highest BCUT2D eigenvalue weighted by Crippen LogP contribution is 1.93. The maximum absolute atomic E-state index is 11.2. The molecule has 3 nitrogen and oxygen atoms in total. The standard InChI is InChI=1S/C12H21NO2/c1-3-5-6-7-10-13-12(14)9-8-11-15-4-2/h1H,4-11H2,2H3,(H,13,14). The first-order chi connectivity index (χ1) is 7.31. The molecule has 0 aromatic carbocycles. The van der Waals surface area contributed by atoms with Gasteiger partial charge >= 0.3 is 0 Å². The van der Waals surface area contributed by atoms with Crippen LogP contribution in [0.4, 0.5) is 0 Å². The van der Waals surface area contributed by atoms with Crippen molar-refractivity contribution in [2.45, 2.75) is 39.0 Å². The Morgan fingerprint density at radius 1 is 1.40 bits per heavy atom. The molecule has 0 rings (SSSR count). The van der Waals surface area contributed by atoms with Crippen LogP contribution in [0.15, 0.2) is 0 Å². The average Bonchev–Trinajstić information content (AvgIpc) is 2.24. The van der Waals surface area contributed by atoms with Crippen LogP contribution in [-0.4, -0.2) is 25.7 Å². The topological polar surface area (TPSA) is 38.3 Å². The molecule has 86 valence electrons. The van der Waals surface area contributed by atoms with E-state index >= 15 is 0 Å². The highest BCUT2D eigenvalue weighted by atomic mass is 16.5. The first-order valence-electron chi connectivity index (χ1n) is 5.59. The molecule has 0 atom stereocenters. The molecule has 1 N–H and O–H groups in total. The highest BCUT2D eigenvalue weighted by Gasteiger charge is 1.99. The van der Waals surface area contributed by atoms with E-state index in [0.29, 0.717) is 19.6 Å². The summed E-state index contributed by atoms with van der Waals surface area (Å²) in [5.74, 6) is 2.68. The van der Waals surface area contributed by atoms with Gasteiger partial charge in [-0.3, -0.25) is 4.79 Å². The zero-order chi connectivity index (χ0) is 11.4. The minimum Gasteiger partial charge on any atom is -0.382 e. The number of hydrogen-bond donors (Lipinski definition) is 1. The molecule has 0 aliphatic heterocycles. The Balaban J connectivity index is 3.16. The maximum Gasteiger partial charge on any atom is 0.220 e. The van der Waals surface area contributed by atoms with Crippen molar-refractivity contribution in [1.29, 1.82) is 0 Å². The second-order valence-electron chi connectivity index (χ2n) is 3.31. The third-order valence-electron chi connectivity index (χ3n) is 1.97. The lowest BCUT2D eigenvalue weighted by Crippen LogP contribution is -2.24. The van der Waals surface area contributed by atoms with E-state index in [2.05, 4.69) is 11.2 Å². The minimum absolute atomic E-state index is 0.107. The molecule has 0 bridgehead atoms. The van der Waals surface area contributed by atoms with Crippen molar-refractivity contribution >= 4 is 5.91 Å². The number of unbranched alkanes of at least 4 members (excludes halogenated alkanes) is 2. The molecule has 0 fully saturated rings. The van der Waals surface area contributed by atoms with Crippen LogP contribution in [0.3, 0.4) is 0 Å². The largest absolute Gasteiger partial charge is 0.382 e. The van der Waals surface area contributed by atoms with E-state index in [-0.39, 0.29) is 5.91 Å². The molecule has 1 amide bonds. The summed E-state index contributed by atoms with van der Waals surface area (Å²) in [6, 6.07) is 0. The molecule has 15 heavy (non-hydrogen) atoms. The van der Waals surface area contributed by atoms with Crippen molar-refractivity contribution in [2.24, 2.45) is 0 Å². The van der Waals surface area contributed by atoms with Crippen molar-refractivity contribution in [3.63, 3.8) is 0 Å². The Bertz CT molecular complexity index is 196. The van der Waals surface area contributed by atoms with Crippen molar-refractivity contribution < 1.29 is 9.53 Å². The number of rotatable bonds is 9. The normalized spacial score (nSPS) is 9.60. The molecule has 0 saturated heterocycles. The predicted molar refractivity (Wildman–Crippen MR) is 61.4 cm³/mol.